The van der Waals surface area contributed by atoms with E-state index in [1.54, 1.807) is 13.2 Å². The number of benzene rings is 2. The first-order chi connectivity index (χ1) is 9.74. The molecule has 2 aromatic rings. The largest absolute Gasteiger partial charge is 0.496 e. The minimum Gasteiger partial charge on any atom is -0.496 e. The van der Waals surface area contributed by atoms with Crippen LogP contribution in [0.5, 0.6) is 5.75 Å². The van der Waals surface area contributed by atoms with Crippen LogP contribution < -0.4 is 4.74 Å². The monoisotopic (exact) mass is 292 g/mol. The standard InChI is InChI=1S/C17H18ClFO/c1-20-17-9-5-3-7-15(17)11-13(12-18)10-14-6-2-4-8-16(14)19/h2-9,13H,10-12H2,1H3. The Morgan fingerprint density at radius 2 is 1.60 bits per heavy atom. The lowest BCUT2D eigenvalue weighted by Crippen LogP contribution is -2.12. The third-order valence-electron chi connectivity index (χ3n) is 3.39. The number of alkyl halides is 1. The Balaban J connectivity index is 2.11. The van der Waals surface area contributed by atoms with E-state index in [4.69, 9.17) is 16.3 Å². The van der Waals surface area contributed by atoms with E-state index in [9.17, 15) is 4.39 Å². The van der Waals surface area contributed by atoms with Gasteiger partial charge in [-0.2, -0.15) is 0 Å². The Labute approximate surface area is 124 Å². The van der Waals surface area contributed by atoms with Gasteiger partial charge in [-0.25, -0.2) is 4.39 Å². The fourth-order valence-corrected chi connectivity index (χ4v) is 2.56. The van der Waals surface area contributed by atoms with Crippen molar-refractivity contribution in [1.82, 2.24) is 0 Å². The molecular weight excluding hydrogens is 275 g/mol. The molecule has 0 aliphatic carbocycles. The molecule has 1 unspecified atom stereocenters. The van der Waals surface area contributed by atoms with E-state index >= 15 is 0 Å². The van der Waals surface area contributed by atoms with E-state index in [1.807, 2.05) is 36.4 Å². The highest BCUT2D eigenvalue weighted by Gasteiger charge is 2.14. The smallest absolute Gasteiger partial charge is 0.126 e. The molecule has 0 amide bonds. The van der Waals surface area contributed by atoms with E-state index in [1.165, 1.54) is 6.07 Å². The van der Waals surface area contributed by atoms with Gasteiger partial charge in [0.15, 0.2) is 0 Å². The SMILES string of the molecule is COc1ccccc1CC(CCl)Cc1ccccc1F. The molecule has 0 aliphatic rings. The van der Waals surface area contributed by atoms with Crippen LogP contribution in [0.1, 0.15) is 11.1 Å². The Morgan fingerprint density at radius 3 is 2.25 bits per heavy atom. The third-order valence-corrected chi connectivity index (χ3v) is 3.82. The van der Waals surface area contributed by atoms with Crippen molar-refractivity contribution in [3.8, 4) is 5.75 Å². The molecule has 1 atom stereocenters. The van der Waals surface area contributed by atoms with Gasteiger partial charge in [-0.05, 0) is 42.0 Å². The van der Waals surface area contributed by atoms with Crippen molar-refractivity contribution in [3.63, 3.8) is 0 Å². The van der Waals surface area contributed by atoms with Crippen LogP contribution in [0.15, 0.2) is 48.5 Å². The summed E-state index contributed by atoms with van der Waals surface area (Å²) in [5.74, 6) is 1.37. The molecule has 3 heteroatoms. The molecule has 0 aromatic heterocycles. The summed E-state index contributed by atoms with van der Waals surface area (Å²) in [6.45, 7) is 0. The first-order valence-corrected chi connectivity index (χ1v) is 7.19. The van der Waals surface area contributed by atoms with Gasteiger partial charge in [0.1, 0.15) is 11.6 Å². The average Bonchev–Trinajstić information content (AvgIpc) is 2.49. The molecule has 0 saturated heterocycles. The van der Waals surface area contributed by atoms with Gasteiger partial charge < -0.3 is 4.74 Å². The minimum atomic E-state index is -0.164. The van der Waals surface area contributed by atoms with Crippen molar-refractivity contribution >= 4 is 11.6 Å². The van der Waals surface area contributed by atoms with Crippen molar-refractivity contribution in [1.29, 1.82) is 0 Å². The molecule has 0 fully saturated rings. The van der Waals surface area contributed by atoms with Crippen molar-refractivity contribution in [3.05, 3.63) is 65.5 Å². The molecule has 2 aromatic carbocycles. The molecule has 0 saturated carbocycles. The van der Waals surface area contributed by atoms with E-state index in [0.717, 1.165) is 17.7 Å². The van der Waals surface area contributed by atoms with Gasteiger partial charge in [-0.15, -0.1) is 11.6 Å². The predicted molar refractivity (Wildman–Crippen MR) is 81.0 cm³/mol. The molecule has 2 rings (SSSR count). The molecule has 20 heavy (non-hydrogen) atoms. The molecule has 106 valence electrons. The average molecular weight is 293 g/mol. The number of methoxy groups -OCH3 is 1. The van der Waals surface area contributed by atoms with Crippen molar-refractivity contribution in [2.24, 2.45) is 5.92 Å². The Bertz CT molecular complexity index is 556. The quantitative estimate of drug-likeness (QED) is 0.714. The second-order valence-corrected chi connectivity index (χ2v) is 5.14. The van der Waals surface area contributed by atoms with E-state index in [-0.39, 0.29) is 11.7 Å². The van der Waals surface area contributed by atoms with Crippen LogP contribution in [0.2, 0.25) is 0 Å². The van der Waals surface area contributed by atoms with Crippen molar-refractivity contribution in [2.75, 3.05) is 13.0 Å². The number of para-hydroxylation sites is 1. The predicted octanol–water partition coefficient (Wildman–Crippen LogP) is 4.47. The zero-order chi connectivity index (χ0) is 14.4. The van der Waals surface area contributed by atoms with Gasteiger partial charge in [-0.1, -0.05) is 36.4 Å². The van der Waals surface area contributed by atoms with Crippen molar-refractivity contribution in [2.45, 2.75) is 12.8 Å². The molecule has 0 aliphatic heterocycles. The first-order valence-electron chi connectivity index (χ1n) is 6.66. The number of ether oxygens (including phenoxy) is 1. The molecule has 0 N–H and O–H groups in total. The summed E-state index contributed by atoms with van der Waals surface area (Å²) in [6, 6.07) is 14.7. The lowest BCUT2D eigenvalue weighted by Gasteiger charge is -2.16. The highest BCUT2D eigenvalue weighted by Crippen LogP contribution is 2.24. The van der Waals surface area contributed by atoms with E-state index in [0.29, 0.717) is 17.9 Å². The molecular formula is C17H18ClFO. The molecule has 0 spiro atoms. The summed E-state index contributed by atoms with van der Waals surface area (Å²) >= 11 is 6.05. The van der Waals surface area contributed by atoms with Gasteiger partial charge in [0.2, 0.25) is 0 Å². The maximum atomic E-state index is 13.7. The van der Waals surface area contributed by atoms with Gasteiger partial charge in [0.05, 0.1) is 7.11 Å². The second kappa shape index (κ2) is 7.30. The topological polar surface area (TPSA) is 9.23 Å². The highest BCUT2D eigenvalue weighted by atomic mass is 35.5. The van der Waals surface area contributed by atoms with Crippen LogP contribution in [0.4, 0.5) is 4.39 Å². The fourth-order valence-electron chi connectivity index (χ4n) is 2.34. The van der Waals surface area contributed by atoms with Crippen LogP contribution in [-0.2, 0) is 12.8 Å². The summed E-state index contributed by atoms with van der Waals surface area (Å²) in [6.07, 6.45) is 1.41. The zero-order valence-corrected chi connectivity index (χ0v) is 12.2. The second-order valence-electron chi connectivity index (χ2n) is 4.83. The maximum Gasteiger partial charge on any atom is 0.126 e. The summed E-state index contributed by atoms with van der Waals surface area (Å²) in [4.78, 5) is 0. The highest BCUT2D eigenvalue weighted by molar-refractivity contribution is 6.18. The van der Waals surface area contributed by atoms with Crippen LogP contribution >= 0.6 is 11.6 Å². The maximum absolute atomic E-state index is 13.7. The fraction of sp³-hybridized carbons (Fsp3) is 0.294. The van der Waals surface area contributed by atoms with Crippen LogP contribution in [0, 0.1) is 11.7 Å². The first kappa shape index (κ1) is 14.9. The summed E-state index contributed by atoms with van der Waals surface area (Å²) in [5.41, 5.74) is 1.82. The lowest BCUT2D eigenvalue weighted by atomic mass is 9.93. The molecule has 0 bridgehead atoms. The summed E-state index contributed by atoms with van der Waals surface area (Å²) in [5, 5.41) is 0. The van der Waals surface area contributed by atoms with Crippen LogP contribution in [0.25, 0.3) is 0 Å². The van der Waals surface area contributed by atoms with Crippen molar-refractivity contribution < 1.29 is 9.13 Å². The minimum absolute atomic E-state index is 0.164. The molecule has 0 radical (unpaired) electrons. The Hall–Kier alpha value is -1.54. The van der Waals surface area contributed by atoms with Gasteiger partial charge in [-0.3, -0.25) is 0 Å². The van der Waals surface area contributed by atoms with Crippen LogP contribution in [-0.4, -0.2) is 13.0 Å². The van der Waals surface area contributed by atoms with E-state index < -0.39 is 0 Å². The van der Waals surface area contributed by atoms with Gasteiger partial charge >= 0.3 is 0 Å². The normalized spacial score (nSPS) is 12.2. The van der Waals surface area contributed by atoms with E-state index in [2.05, 4.69) is 0 Å². The molecule has 1 nitrogen and oxygen atoms in total. The zero-order valence-electron chi connectivity index (χ0n) is 11.5. The Kier molecular flexibility index (Phi) is 5.42. The van der Waals surface area contributed by atoms with Gasteiger partial charge in [0, 0.05) is 5.88 Å². The Morgan fingerprint density at radius 1 is 1.00 bits per heavy atom. The molecule has 0 heterocycles. The number of hydrogen-bond acceptors (Lipinski definition) is 1. The summed E-state index contributed by atoms with van der Waals surface area (Å²) < 4.78 is 19.1. The number of hydrogen-bond donors (Lipinski definition) is 0. The number of rotatable bonds is 6. The van der Waals surface area contributed by atoms with Crippen LogP contribution in [0.3, 0.4) is 0 Å². The lowest BCUT2D eigenvalue weighted by molar-refractivity contribution is 0.405. The van der Waals surface area contributed by atoms with Gasteiger partial charge in [0.25, 0.3) is 0 Å². The number of halogens is 2. The third kappa shape index (κ3) is 3.73. The summed E-state index contributed by atoms with van der Waals surface area (Å²) in [7, 11) is 1.66.